The minimum atomic E-state index is 0.548. The zero-order valence-corrected chi connectivity index (χ0v) is 14.6. The van der Waals surface area contributed by atoms with Gasteiger partial charge in [0.1, 0.15) is 24.7 Å². The highest BCUT2D eigenvalue weighted by molar-refractivity contribution is 5.56. The van der Waals surface area contributed by atoms with E-state index in [9.17, 15) is 0 Å². The molecule has 4 nitrogen and oxygen atoms in total. The SMILES string of the molecule is CCOCCOc1ccccc1NCCOc1ccc(CC)cc1. The number of hydrogen-bond donors (Lipinski definition) is 1. The maximum Gasteiger partial charge on any atom is 0.142 e. The Bertz CT molecular complexity index is 584. The minimum absolute atomic E-state index is 0.548. The van der Waals surface area contributed by atoms with Gasteiger partial charge in [-0.15, -0.1) is 0 Å². The van der Waals surface area contributed by atoms with Gasteiger partial charge in [-0.05, 0) is 43.2 Å². The number of benzene rings is 2. The van der Waals surface area contributed by atoms with E-state index in [1.165, 1.54) is 5.56 Å². The topological polar surface area (TPSA) is 39.7 Å². The summed E-state index contributed by atoms with van der Waals surface area (Å²) in [4.78, 5) is 0. The Balaban J connectivity index is 1.74. The van der Waals surface area contributed by atoms with Crippen molar-refractivity contribution >= 4 is 5.69 Å². The summed E-state index contributed by atoms with van der Waals surface area (Å²) in [5.41, 5.74) is 2.29. The van der Waals surface area contributed by atoms with E-state index in [0.29, 0.717) is 33.0 Å². The Morgan fingerprint density at radius 2 is 1.62 bits per heavy atom. The lowest BCUT2D eigenvalue weighted by Crippen LogP contribution is -2.13. The second kappa shape index (κ2) is 10.6. The van der Waals surface area contributed by atoms with Crippen molar-refractivity contribution in [2.24, 2.45) is 0 Å². The lowest BCUT2D eigenvalue weighted by Gasteiger charge is -2.13. The zero-order chi connectivity index (χ0) is 17.0. The van der Waals surface area contributed by atoms with Crippen molar-refractivity contribution in [2.75, 3.05) is 38.3 Å². The number of nitrogens with one attached hydrogen (secondary N) is 1. The maximum atomic E-state index is 5.76. The second-order valence-electron chi connectivity index (χ2n) is 5.31. The van der Waals surface area contributed by atoms with E-state index < -0.39 is 0 Å². The number of aryl methyl sites for hydroxylation is 1. The Morgan fingerprint density at radius 3 is 2.38 bits per heavy atom. The monoisotopic (exact) mass is 329 g/mol. The van der Waals surface area contributed by atoms with E-state index >= 15 is 0 Å². The van der Waals surface area contributed by atoms with Crippen LogP contribution in [0.25, 0.3) is 0 Å². The van der Waals surface area contributed by atoms with Crippen LogP contribution in [0, 0.1) is 0 Å². The largest absolute Gasteiger partial charge is 0.492 e. The fourth-order valence-electron chi connectivity index (χ4n) is 2.27. The van der Waals surface area contributed by atoms with Crippen molar-refractivity contribution in [1.29, 1.82) is 0 Å². The Hall–Kier alpha value is -2.20. The molecule has 0 heterocycles. The highest BCUT2D eigenvalue weighted by Crippen LogP contribution is 2.23. The van der Waals surface area contributed by atoms with E-state index in [1.807, 2.05) is 43.3 Å². The van der Waals surface area contributed by atoms with Crippen LogP contribution in [0.4, 0.5) is 5.69 Å². The minimum Gasteiger partial charge on any atom is -0.492 e. The van der Waals surface area contributed by atoms with Crippen LogP contribution in [-0.4, -0.2) is 33.0 Å². The van der Waals surface area contributed by atoms with Crippen LogP contribution in [0.1, 0.15) is 19.4 Å². The normalized spacial score (nSPS) is 10.4. The molecule has 0 bridgehead atoms. The number of para-hydroxylation sites is 2. The third-order valence-corrected chi connectivity index (χ3v) is 3.59. The third kappa shape index (κ3) is 6.13. The van der Waals surface area contributed by atoms with Crippen molar-refractivity contribution < 1.29 is 14.2 Å². The molecule has 2 aromatic rings. The van der Waals surface area contributed by atoms with Crippen molar-refractivity contribution in [2.45, 2.75) is 20.3 Å². The first-order chi connectivity index (χ1) is 11.8. The van der Waals surface area contributed by atoms with Gasteiger partial charge in [0.2, 0.25) is 0 Å². The molecule has 0 spiro atoms. The molecule has 2 aromatic carbocycles. The standard InChI is InChI=1S/C20H27NO3/c1-3-17-9-11-18(12-10-17)23-14-13-21-19-7-5-6-8-20(19)24-16-15-22-4-2/h5-12,21H,3-4,13-16H2,1-2H3. The molecule has 0 fully saturated rings. The number of rotatable bonds is 11. The van der Waals surface area contributed by atoms with Gasteiger partial charge in [-0.2, -0.15) is 0 Å². The van der Waals surface area contributed by atoms with Gasteiger partial charge in [-0.3, -0.25) is 0 Å². The quantitative estimate of drug-likeness (QED) is 0.629. The molecular weight excluding hydrogens is 302 g/mol. The van der Waals surface area contributed by atoms with E-state index in [4.69, 9.17) is 14.2 Å². The van der Waals surface area contributed by atoms with Crippen molar-refractivity contribution in [3.8, 4) is 11.5 Å². The summed E-state index contributed by atoms with van der Waals surface area (Å²) in [6.07, 6.45) is 1.04. The summed E-state index contributed by atoms with van der Waals surface area (Å²) >= 11 is 0. The first-order valence-electron chi connectivity index (χ1n) is 8.58. The predicted octanol–water partition coefficient (Wildman–Crippen LogP) is 4.16. The number of ether oxygens (including phenoxy) is 3. The molecule has 0 unspecified atom stereocenters. The molecule has 24 heavy (non-hydrogen) atoms. The molecule has 0 aromatic heterocycles. The first-order valence-corrected chi connectivity index (χ1v) is 8.58. The van der Waals surface area contributed by atoms with Crippen LogP contribution >= 0.6 is 0 Å². The van der Waals surface area contributed by atoms with Gasteiger partial charge in [0.25, 0.3) is 0 Å². The summed E-state index contributed by atoms with van der Waals surface area (Å²) in [6.45, 7) is 7.29. The van der Waals surface area contributed by atoms with Crippen molar-refractivity contribution in [1.82, 2.24) is 0 Å². The van der Waals surface area contributed by atoms with Crippen LogP contribution < -0.4 is 14.8 Å². The van der Waals surface area contributed by atoms with Crippen LogP contribution in [0.2, 0.25) is 0 Å². The van der Waals surface area contributed by atoms with Crippen LogP contribution in [0.5, 0.6) is 11.5 Å². The zero-order valence-electron chi connectivity index (χ0n) is 14.6. The molecule has 0 amide bonds. The fourth-order valence-corrected chi connectivity index (χ4v) is 2.27. The molecule has 0 saturated carbocycles. The molecule has 4 heteroatoms. The highest BCUT2D eigenvalue weighted by atomic mass is 16.5. The van der Waals surface area contributed by atoms with Crippen LogP contribution in [-0.2, 0) is 11.2 Å². The van der Waals surface area contributed by atoms with Gasteiger partial charge < -0.3 is 19.5 Å². The number of hydrogen-bond acceptors (Lipinski definition) is 4. The fraction of sp³-hybridized carbons (Fsp3) is 0.400. The highest BCUT2D eigenvalue weighted by Gasteiger charge is 2.02. The number of anilines is 1. The summed E-state index contributed by atoms with van der Waals surface area (Å²) in [7, 11) is 0. The maximum absolute atomic E-state index is 5.76. The smallest absolute Gasteiger partial charge is 0.142 e. The van der Waals surface area contributed by atoms with Crippen LogP contribution in [0.3, 0.4) is 0 Å². The van der Waals surface area contributed by atoms with Gasteiger partial charge in [0.05, 0.1) is 12.3 Å². The molecule has 0 saturated heterocycles. The third-order valence-electron chi connectivity index (χ3n) is 3.59. The van der Waals surface area contributed by atoms with Gasteiger partial charge in [-0.1, -0.05) is 31.2 Å². The molecule has 2 rings (SSSR count). The van der Waals surface area contributed by atoms with Crippen molar-refractivity contribution in [3.63, 3.8) is 0 Å². The van der Waals surface area contributed by atoms with Crippen LogP contribution in [0.15, 0.2) is 48.5 Å². The summed E-state index contributed by atoms with van der Waals surface area (Å²) in [5.74, 6) is 1.74. The van der Waals surface area contributed by atoms with E-state index in [1.54, 1.807) is 0 Å². The Morgan fingerprint density at radius 1 is 0.833 bits per heavy atom. The van der Waals surface area contributed by atoms with E-state index in [-0.39, 0.29) is 0 Å². The summed E-state index contributed by atoms with van der Waals surface area (Å²) < 4.78 is 16.8. The lowest BCUT2D eigenvalue weighted by atomic mass is 10.2. The molecule has 1 N–H and O–H groups in total. The van der Waals surface area contributed by atoms with Gasteiger partial charge in [0.15, 0.2) is 0 Å². The summed E-state index contributed by atoms with van der Waals surface area (Å²) in [5, 5.41) is 3.36. The average Bonchev–Trinajstić information content (AvgIpc) is 2.64. The Kier molecular flexibility index (Phi) is 7.98. The molecule has 130 valence electrons. The predicted molar refractivity (Wildman–Crippen MR) is 98.2 cm³/mol. The Labute approximate surface area is 144 Å². The second-order valence-corrected chi connectivity index (χ2v) is 5.31. The molecular formula is C20H27NO3. The molecule has 0 aliphatic carbocycles. The molecule has 0 aliphatic rings. The first kappa shape index (κ1) is 18.1. The molecule has 0 atom stereocenters. The van der Waals surface area contributed by atoms with Gasteiger partial charge >= 0.3 is 0 Å². The summed E-state index contributed by atoms with van der Waals surface area (Å²) in [6, 6.07) is 16.2. The van der Waals surface area contributed by atoms with E-state index in [0.717, 1.165) is 23.6 Å². The lowest BCUT2D eigenvalue weighted by molar-refractivity contribution is 0.110. The van der Waals surface area contributed by atoms with E-state index in [2.05, 4.69) is 24.4 Å². The van der Waals surface area contributed by atoms with Gasteiger partial charge in [-0.25, -0.2) is 0 Å². The van der Waals surface area contributed by atoms with Gasteiger partial charge in [0, 0.05) is 13.2 Å². The molecule has 0 aliphatic heterocycles. The average molecular weight is 329 g/mol. The molecule has 0 radical (unpaired) electrons. The van der Waals surface area contributed by atoms with Crippen molar-refractivity contribution in [3.05, 3.63) is 54.1 Å².